The number of benzene rings is 2. The lowest BCUT2D eigenvalue weighted by molar-refractivity contribution is 0.934. The van der Waals surface area contributed by atoms with Crippen LogP contribution in [0, 0.1) is 0 Å². The van der Waals surface area contributed by atoms with Crippen molar-refractivity contribution in [2.24, 2.45) is 4.99 Å². The van der Waals surface area contributed by atoms with Gasteiger partial charge in [-0.3, -0.25) is 4.99 Å². The molecule has 1 nitrogen and oxygen atoms in total. The number of fused-ring (bicyclic) bond motifs is 1. The van der Waals surface area contributed by atoms with Gasteiger partial charge in [0.2, 0.25) is 0 Å². The van der Waals surface area contributed by atoms with Crippen LogP contribution in [-0.4, -0.2) is 12.3 Å². The van der Waals surface area contributed by atoms with Crippen LogP contribution in [0.25, 0.3) is 0 Å². The second-order valence-corrected chi connectivity index (χ2v) is 5.45. The Kier molecular flexibility index (Phi) is 3.28. The van der Waals surface area contributed by atoms with Gasteiger partial charge in [0.15, 0.2) is 0 Å². The summed E-state index contributed by atoms with van der Waals surface area (Å²) in [7, 11) is 0. The highest BCUT2D eigenvalue weighted by Gasteiger charge is 2.13. The molecule has 1 aliphatic heterocycles. The van der Waals surface area contributed by atoms with Crippen LogP contribution in [0.3, 0.4) is 0 Å². The van der Waals surface area contributed by atoms with Gasteiger partial charge in [-0.1, -0.05) is 52.3 Å². The smallest absolute Gasteiger partial charge is 0.0467 e. The second-order valence-electron chi connectivity index (χ2n) is 4.54. The summed E-state index contributed by atoms with van der Waals surface area (Å²) in [6, 6.07) is 17.1. The molecular formula is C16H14BrN. The quantitative estimate of drug-likeness (QED) is 0.794. The van der Waals surface area contributed by atoms with Crippen molar-refractivity contribution < 1.29 is 0 Å². The van der Waals surface area contributed by atoms with Gasteiger partial charge in [0.25, 0.3) is 0 Å². The Labute approximate surface area is 116 Å². The van der Waals surface area contributed by atoms with E-state index in [2.05, 4.69) is 64.5 Å². The van der Waals surface area contributed by atoms with E-state index in [4.69, 9.17) is 4.99 Å². The minimum atomic E-state index is 0.920. The van der Waals surface area contributed by atoms with Crippen molar-refractivity contribution in [2.75, 3.05) is 6.54 Å². The Morgan fingerprint density at radius 2 is 1.78 bits per heavy atom. The second kappa shape index (κ2) is 5.07. The van der Waals surface area contributed by atoms with E-state index in [1.165, 1.54) is 22.4 Å². The number of rotatable bonds is 2. The number of aliphatic imine (C=N–C) groups is 1. The van der Waals surface area contributed by atoms with Gasteiger partial charge in [-0.05, 0) is 35.2 Å². The van der Waals surface area contributed by atoms with Crippen molar-refractivity contribution in [3.05, 3.63) is 69.7 Å². The van der Waals surface area contributed by atoms with Crippen LogP contribution < -0.4 is 0 Å². The van der Waals surface area contributed by atoms with Gasteiger partial charge in [-0.2, -0.15) is 0 Å². The standard InChI is InChI=1S/C16H14BrN/c17-14-7-5-12(6-8-14)11-16-15-4-2-1-3-13(15)9-10-18-16/h1-8H,9-11H2. The van der Waals surface area contributed by atoms with Gasteiger partial charge in [0, 0.05) is 23.1 Å². The zero-order chi connectivity index (χ0) is 12.4. The third kappa shape index (κ3) is 2.39. The Bertz CT molecular complexity index is 584. The number of hydrogen-bond donors (Lipinski definition) is 0. The molecule has 0 bridgehead atoms. The van der Waals surface area contributed by atoms with Crippen molar-refractivity contribution in [2.45, 2.75) is 12.8 Å². The lowest BCUT2D eigenvalue weighted by atomic mass is 9.94. The van der Waals surface area contributed by atoms with Crippen LogP contribution in [0.5, 0.6) is 0 Å². The topological polar surface area (TPSA) is 12.4 Å². The maximum absolute atomic E-state index is 4.69. The van der Waals surface area contributed by atoms with E-state index in [0.717, 1.165) is 23.9 Å². The van der Waals surface area contributed by atoms with Crippen LogP contribution in [0.15, 0.2) is 58.0 Å². The molecule has 0 N–H and O–H groups in total. The molecule has 0 aliphatic carbocycles. The highest BCUT2D eigenvalue weighted by Crippen LogP contribution is 2.19. The molecular weight excluding hydrogens is 286 g/mol. The molecule has 18 heavy (non-hydrogen) atoms. The molecule has 1 heterocycles. The molecule has 0 saturated carbocycles. The predicted octanol–water partition coefficient (Wildman–Crippen LogP) is 4.04. The molecule has 0 amide bonds. The van der Waals surface area contributed by atoms with Crippen molar-refractivity contribution in [1.29, 1.82) is 0 Å². The van der Waals surface area contributed by atoms with Crippen molar-refractivity contribution >= 4 is 21.6 Å². The molecule has 0 radical (unpaired) electrons. The molecule has 0 aromatic heterocycles. The van der Waals surface area contributed by atoms with E-state index in [9.17, 15) is 0 Å². The minimum absolute atomic E-state index is 0.920. The van der Waals surface area contributed by atoms with Gasteiger partial charge in [0.05, 0.1) is 0 Å². The zero-order valence-electron chi connectivity index (χ0n) is 10.1. The minimum Gasteiger partial charge on any atom is -0.288 e. The first kappa shape index (κ1) is 11.7. The molecule has 2 aromatic rings. The maximum atomic E-state index is 4.69. The van der Waals surface area contributed by atoms with Gasteiger partial charge in [-0.25, -0.2) is 0 Å². The first-order valence-corrected chi connectivity index (χ1v) is 6.98. The van der Waals surface area contributed by atoms with Gasteiger partial charge in [-0.15, -0.1) is 0 Å². The lowest BCUT2D eigenvalue weighted by Crippen LogP contribution is -2.15. The zero-order valence-corrected chi connectivity index (χ0v) is 11.7. The van der Waals surface area contributed by atoms with Gasteiger partial charge in [0.1, 0.15) is 0 Å². The van der Waals surface area contributed by atoms with Crippen LogP contribution in [0.2, 0.25) is 0 Å². The number of nitrogens with zero attached hydrogens (tertiary/aromatic N) is 1. The molecule has 0 atom stereocenters. The summed E-state index contributed by atoms with van der Waals surface area (Å²) in [6.45, 7) is 0.920. The number of hydrogen-bond acceptors (Lipinski definition) is 1. The molecule has 3 rings (SSSR count). The summed E-state index contributed by atoms with van der Waals surface area (Å²) in [6.07, 6.45) is 1.99. The molecule has 90 valence electrons. The van der Waals surface area contributed by atoms with Crippen LogP contribution in [-0.2, 0) is 12.8 Å². The van der Waals surface area contributed by atoms with E-state index < -0.39 is 0 Å². The van der Waals surface area contributed by atoms with E-state index >= 15 is 0 Å². The highest BCUT2D eigenvalue weighted by atomic mass is 79.9. The Morgan fingerprint density at radius 3 is 2.61 bits per heavy atom. The molecule has 1 aliphatic rings. The third-order valence-corrected chi connectivity index (χ3v) is 3.83. The average molecular weight is 300 g/mol. The van der Waals surface area contributed by atoms with E-state index in [1.54, 1.807) is 0 Å². The highest BCUT2D eigenvalue weighted by molar-refractivity contribution is 9.10. The average Bonchev–Trinajstić information content (AvgIpc) is 2.42. The van der Waals surface area contributed by atoms with Crippen LogP contribution >= 0.6 is 15.9 Å². The van der Waals surface area contributed by atoms with Gasteiger partial charge >= 0.3 is 0 Å². The summed E-state index contributed by atoms with van der Waals surface area (Å²) < 4.78 is 1.12. The maximum Gasteiger partial charge on any atom is 0.0467 e. The normalized spacial score (nSPS) is 13.9. The number of halogens is 1. The Balaban J connectivity index is 1.89. The molecule has 2 aromatic carbocycles. The van der Waals surface area contributed by atoms with E-state index in [0.29, 0.717) is 0 Å². The summed E-state index contributed by atoms with van der Waals surface area (Å²) in [5.41, 5.74) is 5.29. The largest absolute Gasteiger partial charge is 0.288 e. The van der Waals surface area contributed by atoms with Crippen molar-refractivity contribution in [3.63, 3.8) is 0 Å². The molecule has 0 saturated heterocycles. The molecule has 0 fully saturated rings. The first-order chi connectivity index (χ1) is 8.83. The SMILES string of the molecule is Brc1ccc(CC2=NCCc3ccccc32)cc1. The monoisotopic (exact) mass is 299 g/mol. The third-order valence-electron chi connectivity index (χ3n) is 3.30. The van der Waals surface area contributed by atoms with E-state index in [-0.39, 0.29) is 0 Å². The Hall–Kier alpha value is -1.41. The van der Waals surface area contributed by atoms with E-state index in [1.807, 2.05) is 0 Å². The Morgan fingerprint density at radius 1 is 1.00 bits per heavy atom. The fourth-order valence-electron chi connectivity index (χ4n) is 2.36. The summed E-state index contributed by atoms with van der Waals surface area (Å²) in [5, 5.41) is 0. The fourth-order valence-corrected chi connectivity index (χ4v) is 2.63. The van der Waals surface area contributed by atoms with Gasteiger partial charge < -0.3 is 0 Å². The summed E-state index contributed by atoms with van der Waals surface area (Å²) in [5.74, 6) is 0. The fraction of sp³-hybridized carbons (Fsp3) is 0.188. The van der Waals surface area contributed by atoms with Crippen molar-refractivity contribution in [1.82, 2.24) is 0 Å². The summed E-state index contributed by atoms with van der Waals surface area (Å²) in [4.78, 5) is 4.69. The summed E-state index contributed by atoms with van der Waals surface area (Å²) >= 11 is 3.47. The molecule has 0 unspecified atom stereocenters. The van der Waals surface area contributed by atoms with Crippen molar-refractivity contribution in [3.8, 4) is 0 Å². The first-order valence-electron chi connectivity index (χ1n) is 6.19. The van der Waals surface area contributed by atoms with Crippen LogP contribution in [0.1, 0.15) is 16.7 Å². The lowest BCUT2D eigenvalue weighted by Gasteiger charge is -2.16. The molecule has 2 heteroatoms. The van der Waals surface area contributed by atoms with Crippen LogP contribution in [0.4, 0.5) is 0 Å². The predicted molar refractivity (Wildman–Crippen MR) is 79.4 cm³/mol. The molecule has 0 spiro atoms.